The lowest BCUT2D eigenvalue weighted by Gasteiger charge is -2.51. The lowest BCUT2D eigenvalue weighted by molar-refractivity contribution is -0.152. The number of aromatic nitrogens is 3. The van der Waals surface area contributed by atoms with E-state index in [9.17, 15) is 19.6 Å². The van der Waals surface area contributed by atoms with Crippen LogP contribution >= 0.6 is 34.9 Å². The van der Waals surface area contributed by atoms with E-state index in [0.717, 1.165) is 22.9 Å². The zero-order valence-corrected chi connectivity index (χ0v) is 26.2. The molecular formula is C30H27N7O5S3. The summed E-state index contributed by atoms with van der Waals surface area (Å²) in [7, 11) is 0. The number of oxime groups is 1. The van der Waals surface area contributed by atoms with E-state index in [1.807, 2.05) is 67.6 Å². The SMILES string of the molecule is Cc1sc(N)nc1C1(NC(=O)/C=N\O)S[C@H]2CC(=O)N2C(C(=O)OC(c2ccccc2)c2ccccc2)=C1SCc1cn[nH]c1. The van der Waals surface area contributed by atoms with Crippen molar-refractivity contribution in [2.24, 2.45) is 5.16 Å². The van der Waals surface area contributed by atoms with E-state index in [4.69, 9.17) is 10.5 Å². The molecule has 0 bridgehead atoms. The molecule has 0 aliphatic carbocycles. The Balaban J connectivity index is 1.54. The van der Waals surface area contributed by atoms with Crippen LogP contribution in [0.4, 0.5) is 5.13 Å². The molecule has 0 radical (unpaired) electrons. The molecular weight excluding hydrogens is 635 g/mol. The number of fused-ring (bicyclic) bond motifs is 1. The minimum absolute atomic E-state index is 0.00688. The van der Waals surface area contributed by atoms with Gasteiger partial charge in [0, 0.05) is 22.4 Å². The number of carbonyl (C=O) groups is 3. The number of benzene rings is 2. The van der Waals surface area contributed by atoms with Crippen LogP contribution in [-0.4, -0.2) is 54.7 Å². The number of nitrogens with two attached hydrogens (primary N) is 1. The first kappa shape index (κ1) is 30.4. The van der Waals surface area contributed by atoms with Crippen molar-refractivity contribution in [3.05, 3.63) is 111 Å². The van der Waals surface area contributed by atoms with Crippen LogP contribution in [0.3, 0.4) is 0 Å². The number of aryl methyl sites for hydroxylation is 1. The van der Waals surface area contributed by atoms with Crippen molar-refractivity contribution < 1.29 is 24.3 Å². The second-order valence-corrected chi connectivity index (χ2v) is 13.7. The number of carbonyl (C=O) groups excluding carboxylic acids is 3. The van der Waals surface area contributed by atoms with Crippen molar-refractivity contribution in [1.29, 1.82) is 0 Å². The van der Waals surface area contributed by atoms with Crippen LogP contribution in [0.2, 0.25) is 0 Å². The highest BCUT2D eigenvalue weighted by atomic mass is 32.2. The number of nitrogens with zero attached hydrogens (tertiary/aromatic N) is 4. The number of rotatable bonds is 10. The molecule has 2 aromatic heterocycles. The molecule has 2 amide bonds. The summed E-state index contributed by atoms with van der Waals surface area (Å²) in [6, 6.07) is 18.6. The summed E-state index contributed by atoms with van der Waals surface area (Å²) >= 11 is 3.72. The van der Waals surface area contributed by atoms with Gasteiger partial charge in [0.2, 0.25) is 5.91 Å². The number of anilines is 1. The molecule has 2 aromatic carbocycles. The monoisotopic (exact) mass is 661 g/mol. The Kier molecular flexibility index (Phi) is 8.65. The number of hydrogen-bond donors (Lipinski definition) is 4. The smallest absolute Gasteiger partial charge is 0.357 e. The van der Waals surface area contributed by atoms with Crippen molar-refractivity contribution >= 4 is 64.0 Å². The maximum absolute atomic E-state index is 14.5. The number of esters is 1. The Morgan fingerprint density at radius 3 is 2.49 bits per heavy atom. The molecule has 1 saturated heterocycles. The first-order valence-electron chi connectivity index (χ1n) is 13.7. The molecule has 1 fully saturated rings. The normalized spacial score (nSPS) is 19.5. The molecule has 12 nitrogen and oxygen atoms in total. The van der Waals surface area contributed by atoms with Crippen LogP contribution in [0.1, 0.15) is 39.8 Å². The fourth-order valence-electron chi connectivity index (χ4n) is 5.21. The minimum Gasteiger partial charge on any atom is -0.448 e. The van der Waals surface area contributed by atoms with E-state index in [2.05, 4.69) is 25.7 Å². The third-order valence-corrected chi connectivity index (χ3v) is 10.9. The van der Waals surface area contributed by atoms with Crippen molar-refractivity contribution in [2.45, 2.75) is 35.4 Å². The van der Waals surface area contributed by atoms with Crippen LogP contribution in [0.25, 0.3) is 0 Å². The fourth-order valence-corrected chi connectivity index (χ4v) is 9.12. The van der Waals surface area contributed by atoms with Gasteiger partial charge in [0.25, 0.3) is 5.91 Å². The highest BCUT2D eigenvalue weighted by Gasteiger charge is 2.58. The van der Waals surface area contributed by atoms with E-state index in [1.165, 1.54) is 39.8 Å². The summed E-state index contributed by atoms with van der Waals surface area (Å²) in [5.41, 5.74) is 8.82. The molecule has 2 aliphatic rings. The predicted octanol–water partition coefficient (Wildman–Crippen LogP) is 4.27. The molecule has 15 heteroatoms. The van der Waals surface area contributed by atoms with Crippen LogP contribution in [-0.2, 0) is 29.7 Å². The second-order valence-electron chi connectivity index (χ2n) is 10.1. The molecule has 6 rings (SSSR count). The fraction of sp³-hybridized carbons (Fsp3) is 0.200. The number of β-lactam (4-membered cyclic amide) rings is 1. The number of thioether (sulfide) groups is 2. The summed E-state index contributed by atoms with van der Waals surface area (Å²) in [6.45, 7) is 1.81. The van der Waals surface area contributed by atoms with Gasteiger partial charge in [0.05, 0.1) is 28.6 Å². The number of aromatic amines is 1. The quantitative estimate of drug-likeness (QED) is 0.0631. The molecule has 2 atom stereocenters. The first-order valence-corrected chi connectivity index (χ1v) is 16.4. The van der Waals surface area contributed by atoms with Gasteiger partial charge < -0.3 is 21.0 Å². The number of amides is 2. The summed E-state index contributed by atoms with van der Waals surface area (Å²) in [4.78, 5) is 46.4. The standard InChI is InChI=1S/C30H27N7O5S3/c1-17-26(35-29(31)44-17)30(36-21(38)15-34-41)27(43-16-18-13-32-33-14-18)24(37-22(39)12-23(37)45-30)28(40)42-25(19-8-4-2-5-9-19)20-10-6-3-7-11-20/h2-11,13-15,23,25,41H,12,16H2,1H3,(H2,31,35)(H,32,33)(H,36,38)/b34-15-/t23-,30?/m0/s1. The summed E-state index contributed by atoms with van der Waals surface area (Å²) in [5.74, 6) is -1.43. The average Bonchev–Trinajstić information content (AvgIpc) is 3.68. The van der Waals surface area contributed by atoms with E-state index in [-0.39, 0.29) is 23.2 Å². The van der Waals surface area contributed by atoms with Crippen LogP contribution in [0.5, 0.6) is 0 Å². The number of nitrogens with one attached hydrogen (secondary N) is 2. The number of ether oxygens (including phenoxy) is 1. The van der Waals surface area contributed by atoms with E-state index < -0.39 is 28.2 Å². The molecule has 5 N–H and O–H groups in total. The lowest BCUT2D eigenvalue weighted by Crippen LogP contribution is -2.60. The Labute approximate surface area is 270 Å². The predicted molar refractivity (Wildman–Crippen MR) is 172 cm³/mol. The topological polar surface area (TPSA) is 176 Å². The summed E-state index contributed by atoms with van der Waals surface area (Å²) in [6.07, 6.45) is 3.41. The van der Waals surface area contributed by atoms with Crippen molar-refractivity contribution in [3.63, 3.8) is 0 Å². The molecule has 0 saturated carbocycles. The zero-order valence-electron chi connectivity index (χ0n) is 23.7. The van der Waals surface area contributed by atoms with Crippen LogP contribution in [0.15, 0.2) is 88.8 Å². The van der Waals surface area contributed by atoms with Gasteiger partial charge in [-0.3, -0.25) is 19.6 Å². The molecule has 4 heterocycles. The molecule has 1 unspecified atom stereocenters. The highest BCUT2D eigenvalue weighted by Crippen LogP contribution is 2.58. The molecule has 2 aliphatic heterocycles. The van der Waals surface area contributed by atoms with Crippen molar-refractivity contribution in [3.8, 4) is 0 Å². The van der Waals surface area contributed by atoms with Crippen LogP contribution < -0.4 is 11.1 Å². The van der Waals surface area contributed by atoms with Gasteiger partial charge in [-0.2, -0.15) is 5.10 Å². The summed E-state index contributed by atoms with van der Waals surface area (Å²) < 4.78 is 6.29. The second kappa shape index (κ2) is 12.8. The van der Waals surface area contributed by atoms with E-state index in [1.54, 1.807) is 12.4 Å². The van der Waals surface area contributed by atoms with Gasteiger partial charge in [-0.25, -0.2) is 9.78 Å². The highest BCUT2D eigenvalue weighted by molar-refractivity contribution is 8.06. The number of nitrogen functional groups attached to an aromatic ring is 1. The number of hydrogen-bond acceptors (Lipinski definition) is 12. The van der Waals surface area contributed by atoms with Gasteiger partial charge in [-0.15, -0.1) is 23.1 Å². The third-order valence-electron chi connectivity index (χ3n) is 7.18. The van der Waals surface area contributed by atoms with Gasteiger partial charge in [-0.05, 0) is 18.1 Å². The minimum atomic E-state index is -1.49. The average molecular weight is 662 g/mol. The Bertz CT molecular complexity index is 1740. The zero-order chi connectivity index (χ0) is 31.6. The van der Waals surface area contributed by atoms with Gasteiger partial charge in [0.1, 0.15) is 11.9 Å². The van der Waals surface area contributed by atoms with Crippen molar-refractivity contribution in [1.82, 2.24) is 25.4 Å². The summed E-state index contributed by atoms with van der Waals surface area (Å²) in [5, 5.41) is 21.6. The lowest BCUT2D eigenvalue weighted by atomic mass is 10.0. The first-order chi connectivity index (χ1) is 21.8. The van der Waals surface area contributed by atoms with E-state index in [0.29, 0.717) is 21.2 Å². The van der Waals surface area contributed by atoms with E-state index >= 15 is 0 Å². The Hall–Kier alpha value is -4.60. The van der Waals surface area contributed by atoms with Crippen molar-refractivity contribution in [2.75, 3.05) is 5.73 Å². The third kappa shape index (κ3) is 5.93. The Morgan fingerprint density at radius 1 is 1.24 bits per heavy atom. The molecule has 0 spiro atoms. The van der Waals surface area contributed by atoms with Gasteiger partial charge >= 0.3 is 5.97 Å². The molecule has 230 valence electrons. The van der Waals surface area contributed by atoms with Crippen LogP contribution in [0, 0.1) is 6.92 Å². The largest absolute Gasteiger partial charge is 0.448 e. The Morgan fingerprint density at radius 2 is 1.93 bits per heavy atom. The van der Waals surface area contributed by atoms with Gasteiger partial charge in [-0.1, -0.05) is 77.6 Å². The maximum Gasteiger partial charge on any atom is 0.357 e. The van der Waals surface area contributed by atoms with Gasteiger partial charge in [0.15, 0.2) is 16.1 Å². The number of thiazole rings is 1. The molecule has 45 heavy (non-hydrogen) atoms. The number of H-pyrrole nitrogens is 1. The maximum atomic E-state index is 14.5. The molecule has 4 aromatic rings.